The quantitative estimate of drug-likeness (QED) is 0.792. The summed E-state index contributed by atoms with van der Waals surface area (Å²) in [6.45, 7) is 10.8. The van der Waals surface area contributed by atoms with Crippen LogP contribution >= 0.6 is 0 Å². The second-order valence-electron chi connectivity index (χ2n) is 6.21. The van der Waals surface area contributed by atoms with Crippen molar-refractivity contribution in [1.29, 1.82) is 0 Å². The molecule has 2 unspecified atom stereocenters. The molecule has 2 heteroatoms. The molecule has 2 nitrogen and oxygen atoms in total. The van der Waals surface area contributed by atoms with Crippen molar-refractivity contribution < 1.29 is 0 Å². The van der Waals surface area contributed by atoms with Crippen molar-refractivity contribution in [2.45, 2.75) is 58.5 Å². The Kier molecular flexibility index (Phi) is 4.26. The van der Waals surface area contributed by atoms with Crippen molar-refractivity contribution in [3.05, 3.63) is 0 Å². The first-order chi connectivity index (χ1) is 7.66. The Morgan fingerprint density at radius 1 is 1.25 bits per heavy atom. The summed E-state index contributed by atoms with van der Waals surface area (Å²) in [4.78, 5) is 2.73. The zero-order chi connectivity index (χ0) is 11.5. The molecule has 1 saturated carbocycles. The highest BCUT2D eigenvalue weighted by Gasteiger charge is 2.28. The maximum Gasteiger partial charge on any atom is 0.0218 e. The Bertz CT molecular complexity index is 207. The molecule has 2 fully saturated rings. The molecule has 0 aromatic carbocycles. The van der Waals surface area contributed by atoms with E-state index in [4.69, 9.17) is 0 Å². The van der Waals surface area contributed by atoms with Gasteiger partial charge in [-0.2, -0.15) is 0 Å². The summed E-state index contributed by atoms with van der Waals surface area (Å²) in [5.41, 5.74) is 0. The van der Waals surface area contributed by atoms with Crippen molar-refractivity contribution in [2.24, 2.45) is 11.8 Å². The number of hydrogen-bond acceptors (Lipinski definition) is 2. The molecule has 1 saturated heterocycles. The molecular weight excluding hydrogens is 196 g/mol. The SMILES string of the molecule is CC(C)C1CN(CC2CCCC2)C(C)CN1. The van der Waals surface area contributed by atoms with Crippen LogP contribution in [0.25, 0.3) is 0 Å². The third kappa shape index (κ3) is 2.98. The molecule has 0 spiro atoms. The zero-order valence-corrected chi connectivity index (χ0v) is 11.2. The highest BCUT2D eigenvalue weighted by molar-refractivity contribution is 4.87. The molecule has 94 valence electrons. The maximum atomic E-state index is 3.68. The minimum atomic E-state index is 0.706. The number of hydrogen-bond donors (Lipinski definition) is 1. The van der Waals surface area contributed by atoms with Crippen LogP contribution in [0.2, 0.25) is 0 Å². The van der Waals surface area contributed by atoms with E-state index in [2.05, 4.69) is 31.0 Å². The van der Waals surface area contributed by atoms with Crippen molar-refractivity contribution in [3.8, 4) is 0 Å². The molecular formula is C14H28N2. The van der Waals surface area contributed by atoms with Gasteiger partial charge in [0, 0.05) is 31.7 Å². The van der Waals surface area contributed by atoms with Gasteiger partial charge in [0.1, 0.15) is 0 Å². The lowest BCUT2D eigenvalue weighted by Gasteiger charge is -2.41. The molecule has 1 aliphatic carbocycles. The zero-order valence-electron chi connectivity index (χ0n) is 11.2. The highest BCUT2D eigenvalue weighted by Crippen LogP contribution is 2.27. The van der Waals surface area contributed by atoms with Gasteiger partial charge in [-0.1, -0.05) is 26.7 Å². The minimum absolute atomic E-state index is 0.706. The fraction of sp³-hybridized carbons (Fsp3) is 1.00. The predicted octanol–water partition coefficient (Wildman–Crippen LogP) is 2.49. The summed E-state index contributed by atoms with van der Waals surface area (Å²) in [5, 5.41) is 3.68. The fourth-order valence-electron chi connectivity index (χ4n) is 3.17. The molecule has 1 heterocycles. The molecule has 1 aliphatic heterocycles. The number of piperazine rings is 1. The molecule has 2 atom stereocenters. The van der Waals surface area contributed by atoms with Crippen LogP contribution in [-0.4, -0.2) is 36.6 Å². The van der Waals surface area contributed by atoms with Crippen molar-refractivity contribution in [2.75, 3.05) is 19.6 Å². The van der Waals surface area contributed by atoms with Gasteiger partial charge in [-0.3, -0.25) is 4.90 Å². The van der Waals surface area contributed by atoms with Crippen molar-refractivity contribution >= 4 is 0 Å². The lowest BCUT2D eigenvalue weighted by molar-refractivity contribution is 0.105. The van der Waals surface area contributed by atoms with Gasteiger partial charge in [-0.05, 0) is 31.6 Å². The monoisotopic (exact) mass is 224 g/mol. The third-order valence-electron chi connectivity index (χ3n) is 4.50. The van der Waals surface area contributed by atoms with E-state index in [1.165, 1.54) is 45.3 Å². The second kappa shape index (κ2) is 5.50. The van der Waals surface area contributed by atoms with Gasteiger partial charge in [0.25, 0.3) is 0 Å². The summed E-state index contributed by atoms with van der Waals surface area (Å²) >= 11 is 0. The average Bonchev–Trinajstić information content (AvgIpc) is 2.73. The van der Waals surface area contributed by atoms with Crippen LogP contribution in [-0.2, 0) is 0 Å². The van der Waals surface area contributed by atoms with Crippen LogP contribution < -0.4 is 5.32 Å². The summed E-state index contributed by atoms with van der Waals surface area (Å²) in [7, 11) is 0. The summed E-state index contributed by atoms with van der Waals surface area (Å²) in [6, 6.07) is 1.44. The van der Waals surface area contributed by atoms with Gasteiger partial charge < -0.3 is 5.32 Å². The van der Waals surface area contributed by atoms with Gasteiger partial charge in [0.2, 0.25) is 0 Å². The molecule has 0 amide bonds. The van der Waals surface area contributed by atoms with Gasteiger partial charge in [-0.15, -0.1) is 0 Å². The largest absolute Gasteiger partial charge is 0.311 e. The number of nitrogens with zero attached hydrogens (tertiary/aromatic N) is 1. The molecule has 0 bridgehead atoms. The standard InChI is InChI=1S/C14H28N2/c1-11(2)14-10-16(12(3)8-15-14)9-13-6-4-5-7-13/h11-15H,4-10H2,1-3H3. The molecule has 2 rings (SSSR count). The molecule has 1 N–H and O–H groups in total. The average molecular weight is 224 g/mol. The fourth-order valence-corrected chi connectivity index (χ4v) is 3.17. The van der Waals surface area contributed by atoms with Gasteiger partial charge in [-0.25, -0.2) is 0 Å². The summed E-state index contributed by atoms with van der Waals surface area (Å²) in [6.07, 6.45) is 5.89. The second-order valence-corrected chi connectivity index (χ2v) is 6.21. The van der Waals surface area contributed by atoms with Crippen molar-refractivity contribution in [3.63, 3.8) is 0 Å². The first-order valence-corrected chi connectivity index (χ1v) is 7.14. The van der Waals surface area contributed by atoms with Crippen LogP contribution in [0.5, 0.6) is 0 Å². The Balaban J connectivity index is 1.85. The smallest absolute Gasteiger partial charge is 0.0218 e. The lowest BCUT2D eigenvalue weighted by atomic mass is 9.98. The van der Waals surface area contributed by atoms with Crippen LogP contribution in [0.3, 0.4) is 0 Å². The van der Waals surface area contributed by atoms with Crippen LogP contribution in [0.1, 0.15) is 46.5 Å². The number of rotatable bonds is 3. The van der Waals surface area contributed by atoms with Crippen LogP contribution in [0.15, 0.2) is 0 Å². The first kappa shape index (κ1) is 12.4. The molecule has 2 aliphatic rings. The van der Waals surface area contributed by atoms with Gasteiger partial charge in [0.15, 0.2) is 0 Å². The van der Waals surface area contributed by atoms with E-state index in [0.717, 1.165) is 17.9 Å². The highest BCUT2D eigenvalue weighted by atomic mass is 15.2. The third-order valence-corrected chi connectivity index (χ3v) is 4.50. The first-order valence-electron chi connectivity index (χ1n) is 7.14. The Labute approximate surface area is 101 Å². The minimum Gasteiger partial charge on any atom is -0.311 e. The molecule has 0 radical (unpaired) electrons. The Morgan fingerprint density at radius 2 is 1.94 bits per heavy atom. The van der Waals surface area contributed by atoms with E-state index < -0.39 is 0 Å². The Hall–Kier alpha value is -0.0800. The summed E-state index contributed by atoms with van der Waals surface area (Å²) < 4.78 is 0. The lowest BCUT2D eigenvalue weighted by Crippen LogP contribution is -2.57. The van der Waals surface area contributed by atoms with Crippen molar-refractivity contribution in [1.82, 2.24) is 10.2 Å². The number of nitrogens with one attached hydrogen (secondary N) is 1. The van der Waals surface area contributed by atoms with Crippen LogP contribution in [0.4, 0.5) is 0 Å². The van der Waals surface area contributed by atoms with E-state index in [1.54, 1.807) is 0 Å². The van der Waals surface area contributed by atoms with E-state index >= 15 is 0 Å². The van der Waals surface area contributed by atoms with E-state index in [-0.39, 0.29) is 0 Å². The van der Waals surface area contributed by atoms with E-state index in [9.17, 15) is 0 Å². The normalized spacial score (nSPS) is 33.8. The van der Waals surface area contributed by atoms with Crippen LogP contribution in [0, 0.1) is 11.8 Å². The van der Waals surface area contributed by atoms with E-state index in [0.29, 0.717) is 6.04 Å². The maximum absolute atomic E-state index is 3.68. The molecule has 0 aromatic rings. The van der Waals surface area contributed by atoms with Gasteiger partial charge >= 0.3 is 0 Å². The topological polar surface area (TPSA) is 15.3 Å². The predicted molar refractivity (Wildman–Crippen MR) is 69.6 cm³/mol. The molecule has 0 aromatic heterocycles. The summed E-state index contributed by atoms with van der Waals surface area (Å²) in [5.74, 6) is 1.76. The Morgan fingerprint density at radius 3 is 2.56 bits per heavy atom. The molecule has 16 heavy (non-hydrogen) atoms. The van der Waals surface area contributed by atoms with Gasteiger partial charge in [0.05, 0.1) is 0 Å². The van der Waals surface area contributed by atoms with E-state index in [1.807, 2.05) is 0 Å².